The van der Waals surface area contributed by atoms with E-state index in [2.05, 4.69) is 52.1 Å². The quantitative estimate of drug-likeness (QED) is 0.460. The average Bonchev–Trinajstić information content (AvgIpc) is 1.53. The predicted molar refractivity (Wildman–Crippen MR) is 55.9 cm³/mol. The molecule has 0 unspecified atom stereocenters. The molecule has 0 fully saturated rings. The Morgan fingerprint density at radius 2 is 1.08 bits per heavy atom. The van der Waals surface area contributed by atoms with Crippen LogP contribution < -0.4 is 0 Å². The molecule has 0 aliphatic heterocycles. The molecule has 3 nitrogen and oxygen atoms in total. The van der Waals surface area contributed by atoms with Crippen LogP contribution in [0.4, 0.5) is 0 Å². The molecule has 0 spiro atoms. The topological polar surface area (TPSA) is 6.48 Å². The van der Waals surface area contributed by atoms with E-state index in [9.17, 15) is 0 Å². The highest BCUT2D eigenvalue weighted by atomic mass is 15.5. The second-order valence-corrected chi connectivity index (χ2v) is 4.38. The highest BCUT2D eigenvalue weighted by Gasteiger charge is 2.15. The molecule has 0 rings (SSSR count). The summed E-state index contributed by atoms with van der Waals surface area (Å²) in [5.41, 5.74) is 0. The SMILES string of the molecule is C.CN(C)C[N+](C)(C)CN(C)C. The zero-order valence-electron chi connectivity index (χ0n) is 8.76. The Balaban J connectivity index is 0. The highest BCUT2D eigenvalue weighted by Crippen LogP contribution is 1.97. The van der Waals surface area contributed by atoms with Gasteiger partial charge >= 0.3 is 0 Å². The second-order valence-electron chi connectivity index (χ2n) is 4.38. The van der Waals surface area contributed by atoms with Crippen LogP contribution in [0, 0.1) is 0 Å². The number of hydrogen-bond donors (Lipinski definition) is 0. The summed E-state index contributed by atoms with van der Waals surface area (Å²) in [6, 6.07) is 0. The molecule has 0 aromatic carbocycles. The van der Waals surface area contributed by atoms with Gasteiger partial charge in [-0.25, -0.2) is 0 Å². The molecule has 0 amide bonds. The summed E-state index contributed by atoms with van der Waals surface area (Å²) in [6.07, 6.45) is 0. The van der Waals surface area contributed by atoms with Gasteiger partial charge in [-0.2, -0.15) is 0 Å². The van der Waals surface area contributed by atoms with Gasteiger partial charge in [0, 0.05) is 0 Å². The van der Waals surface area contributed by atoms with Crippen LogP contribution in [-0.2, 0) is 0 Å². The van der Waals surface area contributed by atoms with Crippen molar-refractivity contribution in [3.05, 3.63) is 0 Å². The van der Waals surface area contributed by atoms with Crippen molar-refractivity contribution in [2.45, 2.75) is 7.43 Å². The summed E-state index contributed by atoms with van der Waals surface area (Å²) in [4.78, 5) is 4.42. The first kappa shape index (κ1) is 14.4. The molecule has 0 heterocycles. The summed E-state index contributed by atoms with van der Waals surface area (Å²) >= 11 is 0. The monoisotopic (exact) mass is 176 g/mol. The van der Waals surface area contributed by atoms with Gasteiger partial charge in [-0.15, -0.1) is 0 Å². The summed E-state index contributed by atoms with van der Waals surface area (Å²) in [6.45, 7) is 2.16. The van der Waals surface area contributed by atoms with Crippen LogP contribution in [0.15, 0.2) is 0 Å². The normalized spacial score (nSPS) is 12.0. The third-order valence-electron chi connectivity index (χ3n) is 1.33. The van der Waals surface area contributed by atoms with Crippen LogP contribution in [0.1, 0.15) is 7.43 Å². The minimum Gasteiger partial charge on any atom is -0.303 e. The lowest BCUT2D eigenvalue weighted by molar-refractivity contribution is -0.908. The first-order valence-corrected chi connectivity index (χ1v) is 3.95. The van der Waals surface area contributed by atoms with E-state index in [-0.39, 0.29) is 7.43 Å². The van der Waals surface area contributed by atoms with Crippen molar-refractivity contribution in [3.8, 4) is 0 Å². The Morgan fingerprint density at radius 3 is 1.25 bits per heavy atom. The van der Waals surface area contributed by atoms with Crippen LogP contribution in [0.2, 0.25) is 0 Å². The summed E-state index contributed by atoms with van der Waals surface area (Å²) < 4.78 is 1.01. The molecule has 0 aromatic heterocycles. The molecule has 0 N–H and O–H groups in total. The van der Waals surface area contributed by atoms with Crippen molar-refractivity contribution in [2.75, 3.05) is 55.6 Å². The van der Waals surface area contributed by atoms with Crippen LogP contribution >= 0.6 is 0 Å². The van der Waals surface area contributed by atoms with Gasteiger partial charge in [0.05, 0.1) is 14.1 Å². The minimum atomic E-state index is 0. The van der Waals surface area contributed by atoms with Gasteiger partial charge in [-0.05, 0) is 28.2 Å². The number of quaternary nitrogens is 1. The predicted octanol–water partition coefficient (Wildman–Crippen LogP) is 0.737. The van der Waals surface area contributed by atoms with Crippen LogP contribution in [0.3, 0.4) is 0 Å². The first-order chi connectivity index (χ1) is 4.83. The van der Waals surface area contributed by atoms with Gasteiger partial charge < -0.3 is 4.48 Å². The number of nitrogens with zero attached hydrogens (tertiary/aromatic N) is 3. The van der Waals surface area contributed by atoms with Crippen LogP contribution in [-0.4, -0.2) is 69.9 Å². The number of rotatable bonds is 4. The summed E-state index contributed by atoms with van der Waals surface area (Å²) in [7, 11) is 12.9. The standard InChI is InChI=1S/C8H22N3.CH4/c1-9(2)7-11(5,6)8-10(3)4;/h7-8H2,1-6H3;1H4/q+1;. The van der Waals surface area contributed by atoms with E-state index in [1.165, 1.54) is 0 Å². The second kappa shape index (κ2) is 5.51. The fraction of sp³-hybridized carbons (Fsp3) is 1.00. The third-order valence-corrected chi connectivity index (χ3v) is 1.33. The van der Waals surface area contributed by atoms with E-state index in [1.807, 2.05) is 0 Å². The van der Waals surface area contributed by atoms with Crippen molar-refractivity contribution in [2.24, 2.45) is 0 Å². The largest absolute Gasteiger partial charge is 0.303 e. The zero-order chi connectivity index (χ0) is 9.07. The zero-order valence-corrected chi connectivity index (χ0v) is 8.76. The first-order valence-electron chi connectivity index (χ1n) is 3.95. The molecule has 0 radical (unpaired) electrons. The fourth-order valence-electron chi connectivity index (χ4n) is 1.58. The maximum Gasteiger partial charge on any atom is 0.135 e. The molecule has 0 bridgehead atoms. The Morgan fingerprint density at radius 1 is 0.833 bits per heavy atom. The van der Waals surface area contributed by atoms with E-state index >= 15 is 0 Å². The molecule has 76 valence electrons. The fourth-order valence-corrected chi connectivity index (χ4v) is 1.58. The molecule has 3 heteroatoms. The molecule has 0 aliphatic carbocycles. The van der Waals surface area contributed by atoms with Crippen molar-refractivity contribution < 1.29 is 4.48 Å². The molecule has 0 aliphatic rings. The Hall–Kier alpha value is -0.120. The smallest absolute Gasteiger partial charge is 0.135 e. The molecule has 12 heavy (non-hydrogen) atoms. The van der Waals surface area contributed by atoms with Gasteiger partial charge in [-0.1, -0.05) is 7.43 Å². The number of hydrogen-bond acceptors (Lipinski definition) is 2. The van der Waals surface area contributed by atoms with E-state index in [0.717, 1.165) is 17.8 Å². The average molecular weight is 176 g/mol. The minimum absolute atomic E-state index is 0. The maximum absolute atomic E-state index is 2.24. The van der Waals surface area contributed by atoms with Crippen molar-refractivity contribution >= 4 is 0 Å². The van der Waals surface area contributed by atoms with Gasteiger partial charge in [0.25, 0.3) is 0 Å². The van der Waals surface area contributed by atoms with E-state index in [4.69, 9.17) is 0 Å². The molecule has 0 atom stereocenters. The molecule has 0 saturated carbocycles. The molecular formula is C9H26N3+. The molecule has 0 aromatic rings. The van der Waals surface area contributed by atoms with Crippen molar-refractivity contribution in [1.82, 2.24) is 9.80 Å². The van der Waals surface area contributed by atoms with E-state index in [0.29, 0.717) is 0 Å². The van der Waals surface area contributed by atoms with Crippen molar-refractivity contribution in [1.29, 1.82) is 0 Å². The Bertz CT molecular complexity index is 96.3. The van der Waals surface area contributed by atoms with Gasteiger partial charge in [0.15, 0.2) is 0 Å². The van der Waals surface area contributed by atoms with E-state index < -0.39 is 0 Å². The van der Waals surface area contributed by atoms with Gasteiger partial charge in [-0.3, -0.25) is 9.80 Å². The van der Waals surface area contributed by atoms with Crippen molar-refractivity contribution in [3.63, 3.8) is 0 Å². The van der Waals surface area contributed by atoms with Crippen LogP contribution in [0.25, 0.3) is 0 Å². The Labute approximate surface area is 78.2 Å². The maximum atomic E-state index is 2.24. The lowest BCUT2D eigenvalue weighted by Gasteiger charge is -2.34. The van der Waals surface area contributed by atoms with Gasteiger partial charge in [0.2, 0.25) is 0 Å². The van der Waals surface area contributed by atoms with Gasteiger partial charge in [0.1, 0.15) is 13.3 Å². The summed E-state index contributed by atoms with van der Waals surface area (Å²) in [5.74, 6) is 0. The lowest BCUT2D eigenvalue weighted by atomic mass is 10.6. The Kier molecular flexibility index (Phi) is 6.62. The van der Waals surface area contributed by atoms with E-state index in [1.54, 1.807) is 0 Å². The third kappa shape index (κ3) is 7.98. The highest BCUT2D eigenvalue weighted by molar-refractivity contribution is 4.32. The lowest BCUT2D eigenvalue weighted by Crippen LogP contribution is -2.50. The molecular weight excluding hydrogens is 150 g/mol. The van der Waals surface area contributed by atoms with Crippen LogP contribution in [0.5, 0.6) is 0 Å². The molecule has 0 saturated heterocycles. The summed E-state index contributed by atoms with van der Waals surface area (Å²) in [5, 5.41) is 0.